The lowest BCUT2D eigenvalue weighted by atomic mass is 9.94. The van der Waals surface area contributed by atoms with E-state index in [9.17, 15) is 10.2 Å². The minimum absolute atomic E-state index is 0.0438. The molecule has 4 rings (SSSR count). The highest BCUT2D eigenvalue weighted by molar-refractivity contribution is 6.31. The molecule has 0 aromatic heterocycles. The van der Waals surface area contributed by atoms with Gasteiger partial charge in [-0.15, -0.1) is 0 Å². The number of halogens is 1. The Hall–Kier alpha value is -1.59. The molecule has 144 valence electrons. The first-order chi connectivity index (χ1) is 13.0. The quantitative estimate of drug-likeness (QED) is 0.787. The Morgan fingerprint density at radius 2 is 2.00 bits per heavy atom. The number of hydrogen-bond donors (Lipinski definition) is 2. The number of hydrogen-bond acceptors (Lipinski definition) is 4. The lowest BCUT2D eigenvalue weighted by molar-refractivity contribution is -0.125. The molecule has 2 aliphatic rings. The van der Waals surface area contributed by atoms with Gasteiger partial charge in [0, 0.05) is 17.4 Å². The fourth-order valence-corrected chi connectivity index (χ4v) is 4.28. The number of rotatable bonds is 6. The molecule has 2 fully saturated rings. The van der Waals surface area contributed by atoms with Crippen LogP contribution in [0.25, 0.3) is 0 Å². The van der Waals surface area contributed by atoms with E-state index in [4.69, 9.17) is 21.1 Å². The van der Waals surface area contributed by atoms with Crippen LogP contribution >= 0.6 is 11.6 Å². The maximum atomic E-state index is 10.3. The molecule has 1 aliphatic carbocycles. The molecule has 0 bridgehead atoms. The van der Waals surface area contributed by atoms with Crippen molar-refractivity contribution in [2.75, 3.05) is 13.2 Å². The van der Waals surface area contributed by atoms with Crippen LogP contribution in [0, 0.1) is 5.92 Å². The summed E-state index contributed by atoms with van der Waals surface area (Å²) >= 11 is 6.43. The van der Waals surface area contributed by atoms with Crippen molar-refractivity contribution in [1.82, 2.24) is 0 Å². The maximum absolute atomic E-state index is 10.3. The second-order valence-corrected chi connectivity index (χ2v) is 7.95. The van der Waals surface area contributed by atoms with Gasteiger partial charge in [-0.1, -0.05) is 35.9 Å². The zero-order valence-corrected chi connectivity index (χ0v) is 16.2. The van der Waals surface area contributed by atoms with Gasteiger partial charge < -0.3 is 19.7 Å². The van der Waals surface area contributed by atoms with Gasteiger partial charge in [-0.3, -0.25) is 0 Å². The van der Waals surface area contributed by atoms with Crippen LogP contribution in [0.5, 0.6) is 5.75 Å². The molecule has 2 unspecified atom stereocenters. The summed E-state index contributed by atoms with van der Waals surface area (Å²) in [6.07, 6.45) is 1.34. The van der Waals surface area contributed by atoms with Crippen molar-refractivity contribution in [3.63, 3.8) is 0 Å². The van der Waals surface area contributed by atoms with Crippen LogP contribution in [-0.4, -0.2) is 35.1 Å². The SMILES string of the molecule is CCOc1ccc(Cc2cc(C3CC(O)[C@@H]4C[C@]4(CO)O3)ccc2Cl)cc1. The molecule has 1 heterocycles. The van der Waals surface area contributed by atoms with E-state index in [1.807, 2.05) is 43.3 Å². The highest BCUT2D eigenvalue weighted by Gasteiger charge is 2.62. The third-order valence-electron chi connectivity index (χ3n) is 5.72. The zero-order chi connectivity index (χ0) is 19.0. The van der Waals surface area contributed by atoms with Crippen LogP contribution in [-0.2, 0) is 11.2 Å². The number of aliphatic hydroxyl groups is 2. The minimum atomic E-state index is -0.558. The van der Waals surface area contributed by atoms with Crippen molar-refractivity contribution in [2.24, 2.45) is 5.92 Å². The average Bonchev–Trinajstić information content (AvgIpc) is 3.41. The first kappa shape index (κ1) is 18.8. The van der Waals surface area contributed by atoms with Crippen molar-refractivity contribution in [3.8, 4) is 5.75 Å². The van der Waals surface area contributed by atoms with Crippen LogP contribution in [0.4, 0.5) is 0 Å². The van der Waals surface area contributed by atoms with Gasteiger partial charge >= 0.3 is 0 Å². The van der Waals surface area contributed by atoms with Gasteiger partial charge in [0.05, 0.1) is 31.0 Å². The van der Waals surface area contributed by atoms with E-state index in [2.05, 4.69) is 6.07 Å². The van der Waals surface area contributed by atoms with Crippen LogP contribution in [0.2, 0.25) is 5.02 Å². The van der Waals surface area contributed by atoms with Crippen molar-refractivity contribution in [1.29, 1.82) is 0 Å². The van der Waals surface area contributed by atoms with Crippen LogP contribution < -0.4 is 4.74 Å². The minimum Gasteiger partial charge on any atom is -0.494 e. The maximum Gasteiger partial charge on any atom is 0.119 e. The van der Waals surface area contributed by atoms with Gasteiger partial charge in [-0.25, -0.2) is 0 Å². The van der Waals surface area contributed by atoms with Crippen LogP contribution in [0.1, 0.15) is 42.6 Å². The Morgan fingerprint density at radius 3 is 2.70 bits per heavy atom. The van der Waals surface area contributed by atoms with Gasteiger partial charge in [0.15, 0.2) is 0 Å². The molecule has 5 heteroatoms. The molecule has 1 saturated carbocycles. The fraction of sp³-hybridized carbons (Fsp3) is 0.455. The predicted octanol–water partition coefficient (Wildman–Crippen LogP) is 3.90. The second kappa shape index (κ2) is 7.44. The summed E-state index contributed by atoms with van der Waals surface area (Å²) < 4.78 is 11.7. The zero-order valence-electron chi connectivity index (χ0n) is 15.4. The topological polar surface area (TPSA) is 58.9 Å². The molecule has 0 amide bonds. The van der Waals surface area contributed by atoms with E-state index in [0.29, 0.717) is 24.5 Å². The highest BCUT2D eigenvalue weighted by Crippen LogP contribution is 2.56. The largest absolute Gasteiger partial charge is 0.494 e. The third-order valence-corrected chi connectivity index (χ3v) is 6.08. The molecule has 27 heavy (non-hydrogen) atoms. The summed E-state index contributed by atoms with van der Waals surface area (Å²) in [7, 11) is 0. The Labute approximate surface area is 164 Å². The van der Waals surface area contributed by atoms with Gasteiger partial charge in [0.2, 0.25) is 0 Å². The van der Waals surface area contributed by atoms with Crippen LogP contribution in [0.3, 0.4) is 0 Å². The number of ether oxygens (including phenoxy) is 2. The van der Waals surface area contributed by atoms with Crippen molar-refractivity contribution >= 4 is 11.6 Å². The van der Waals surface area contributed by atoms with Crippen molar-refractivity contribution < 1.29 is 19.7 Å². The van der Waals surface area contributed by atoms with Crippen molar-refractivity contribution in [3.05, 3.63) is 64.2 Å². The van der Waals surface area contributed by atoms with E-state index in [0.717, 1.165) is 28.9 Å². The standard InChI is InChI=1S/C22H25ClO4/c1-2-26-17-6-3-14(4-7-17)9-16-10-15(5-8-19(16)23)21-11-20(25)18-12-22(18,13-24)27-21/h3-8,10,18,20-21,24-25H,2,9,11-13H2,1H3/t18-,20?,21?,22+/m0/s1. The Balaban J connectivity index is 1.53. The molecule has 0 radical (unpaired) electrons. The number of benzene rings is 2. The molecule has 2 N–H and O–H groups in total. The van der Waals surface area contributed by atoms with Crippen molar-refractivity contribution in [2.45, 2.75) is 44.0 Å². The van der Waals surface area contributed by atoms with E-state index in [-0.39, 0.29) is 18.6 Å². The second-order valence-electron chi connectivity index (χ2n) is 7.55. The number of aliphatic hydroxyl groups excluding tert-OH is 2. The molecular formula is C22H25ClO4. The first-order valence-corrected chi connectivity index (χ1v) is 9.89. The lowest BCUT2D eigenvalue weighted by Gasteiger charge is -2.32. The molecule has 2 aromatic carbocycles. The van der Waals surface area contributed by atoms with E-state index in [1.54, 1.807) is 0 Å². The van der Waals surface area contributed by atoms with Gasteiger partial charge in [-0.2, -0.15) is 0 Å². The summed E-state index contributed by atoms with van der Waals surface area (Å²) in [5, 5.41) is 20.7. The summed E-state index contributed by atoms with van der Waals surface area (Å²) in [5.41, 5.74) is 2.61. The normalized spacial score (nSPS) is 29.3. The van der Waals surface area contributed by atoms with Crippen LogP contribution in [0.15, 0.2) is 42.5 Å². The molecular weight excluding hydrogens is 364 g/mol. The molecule has 4 nitrogen and oxygen atoms in total. The third kappa shape index (κ3) is 3.72. The molecule has 2 aromatic rings. The van der Waals surface area contributed by atoms with E-state index >= 15 is 0 Å². The summed E-state index contributed by atoms with van der Waals surface area (Å²) in [6, 6.07) is 13.9. The summed E-state index contributed by atoms with van der Waals surface area (Å²) in [5.74, 6) is 0.924. The van der Waals surface area contributed by atoms with Gasteiger partial charge in [0.1, 0.15) is 5.75 Å². The smallest absolute Gasteiger partial charge is 0.119 e. The Bertz CT molecular complexity index is 806. The highest BCUT2D eigenvalue weighted by atomic mass is 35.5. The van der Waals surface area contributed by atoms with Gasteiger partial charge in [0.25, 0.3) is 0 Å². The summed E-state index contributed by atoms with van der Waals surface area (Å²) in [6.45, 7) is 2.57. The van der Waals surface area contributed by atoms with E-state index in [1.165, 1.54) is 0 Å². The Kier molecular flexibility index (Phi) is 5.17. The molecule has 1 aliphatic heterocycles. The lowest BCUT2D eigenvalue weighted by Crippen LogP contribution is -2.35. The van der Waals surface area contributed by atoms with E-state index < -0.39 is 11.7 Å². The molecule has 0 spiro atoms. The predicted molar refractivity (Wildman–Crippen MR) is 104 cm³/mol. The van der Waals surface area contributed by atoms with Gasteiger partial charge in [-0.05, 0) is 54.7 Å². The fourth-order valence-electron chi connectivity index (χ4n) is 4.09. The summed E-state index contributed by atoms with van der Waals surface area (Å²) in [4.78, 5) is 0. The monoisotopic (exact) mass is 388 g/mol. The Morgan fingerprint density at radius 1 is 1.22 bits per heavy atom. The molecule has 1 saturated heterocycles. The first-order valence-electron chi connectivity index (χ1n) is 9.51. The molecule has 4 atom stereocenters. The number of fused-ring (bicyclic) bond motifs is 1. The average molecular weight is 389 g/mol.